The Morgan fingerprint density at radius 1 is 1.33 bits per heavy atom. The van der Waals surface area contributed by atoms with Crippen LogP contribution in [0.15, 0.2) is 40.8 Å². The molecule has 4 heteroatoms. The number of nitrogens with one attached hydrogen (secondary N) is 1. The zero-order valence-electron chi connectivity index (χ0n) is 11.9. The molecule has 0 saturated heterocycles. The van der Waals surface area contributed by atoms with Gasteiger partial charge in [0.05, 0.1) is 11.4 Å². The van der Waals surface area contributed by atoms with Crippen molar-refractivity contribution in [3.63, 3.8) is 0 Å². The van der Waals surface area contributed by atoms with E-state index in [1.807, 2.05) is 19.1 Å². The summed E-state index contributed by atoms with van der Waals surface area (Å²) < 4.78 is 5.49. The highest BCUT2D eigenvalue weighted by atomic mass is 35.5. The molecule has 1 heterocycles. The Bertz CT molecular complexity index is 648. The Kier molecular flexibility index (Phi) is 4.02. The molecule has 1 aromatic carbocycles. The average molecular weight is 304 g/mol. The summed E-state index contributed by atoms with van der Waals surface area (Å²) in [7, 11) is 0. The third-order valence-corrected chi connectivity index (χ3v) is 4.13. The zero-order valence-corrected chi connectivity index (χ0v) is 12.7. The van der Waals surface area contributed by atoms with Gasteiger partial charge in [-0.25, -0.2) is 0 Å². The van der Waals surface area contributed by atoms with Gasteiger partial charge < -0.3 is 9.73 Å². The maximum atomic E-state index is 12.3. The number of hydrogen-bond donors (Lipinski definition) is 1. The highest BCUT2D eigenvalue weighted by molar-refractivity contribution is 6.20. The van der Waals surface area contributed by atoms with Gasteiger partial charge in [-0.05, 0) is 49.4 Å². The molecule has 0 bridgehead atoms. The first-order valence-corrected chi connectivity index (χ1v) is 7.71. The van der Waals surface area contributed by atoms with Gasteiger partial charge in [0.15, 0.2) is 5.76 Å². The molecule has 1 aromatic heterocycles. The van der Waals surface area contributed by atoms with Crippen molar-refractivity contribution in [2.24, 2.45) is 0 Å². The molecule has 3 nitrogen and oxygen atoms in total. The van der Waals surface area contributed by atoms with Crippen molar-refractivity contribution in [3.05, 3.63) is 59.0 Å². The van der Waals surface area contributed by atoms with E-state index < -0.39 is 0 Å². The molecule has 3 rings (SSSR count). The summed E-state index contributed by atoms with van der Waals surface area (Å²) in [5.74, 6) is 0.756. The average Bonchev–Trinajstić information content (AvgIpc) is 2.98. The fraction of sp³-hybridized carbons (Fsp3) is 0.353. The number of fused-ring (bicyclic) bond motifs is 1. The van der Waals surface area contributed by atoms with Gasteiger partial charge in [-0.1, -0.05) is 24.3 Å². The minimum absolute atomic E-state index is 0.0597. The van der Waals surface area contributed by atoms with E-state index in [1.165, 1.54) is 11.1 Å². The van der Waals surface area contributed by atoms with E-state index in [4.69, 9.17) is 16.0 Å². The Hall–Kier alpha value is -1.74. The summed E-state index contributed by atoms with van der Waals surface area (Å²) in [4.78, 5) is 12.3. The van der Waals surface area contributed by atoms with Gasteiger partial charge >= 0.3 is 0 Å². The largest absolute Gasteiger partial charge is 0.454 e. The molecule has 2 aromatic rings. The van der Waals surface area contributed by atoms with Crippen LogP contribution in [-0.4, -0.2) is 5.91 Å². The van der Waals surface area contributed by atoms with Gasteiger partial charge in [0.2, 0.25) is 0 Å². The molecule has 0 fully saturated rings. The van der Waals surface area contributed by atoms with E-state index in [9.17, 15) is 4.79 Å². The number of carbonyl (C=O) groups excluding carboxylic acids is 1. The first-order chi connectivity index (χ1) is 10.1. The lowest BCUT2D eigenvalue weighted by Crippen LogP contribution is -2.30. The quantitative estimate of drug-likeness (QED) is 0.855. The molecule has 21 heavy (non-hydrogen) atoms. The molecular formula is C17H18ClNO2. The Balaban J connectivity index is 1.76. The van der Waals surface area contributed by atoms with Crippen LogP contribution in [0.2, 0.25) is 0 Å². The lowest BCUT2D eigenvalue weighted by molar-refractivity contribution is 0.0903. The van der Waals surface area contributed by atoms with Crippen molar-refractivity contribution in [2.45, 2.75) is 37.6 Å². The number of hydrogen-bond acceptors (Lipinski definition) is 2. The fourth-order valence-electron chi connectivity index (χ4n) is 2.82. The number of benzene rings is 1. The first-order valence-electron chi connectivity index (χ1n) is 7.27. The van der Waals surface area contributed by atoms with Crippen molar-refractivity contribution in [2.75, 3.05) is 0 Å². The monoisotopic (exact) mass is 303 g/mol. The van der Waals surface area contributed by atoms with Gasteiger partial charge in [0.25, 0.3) is 5.91 Å². The zero-order chi connectivity index (χ0) is 14.8. The molecule has 1 aliphatic rings. The van der Waals surface area contributed by atoms with E-state index in [-0.39, 0.29) is 17.3 Å². The molecule has 0 spiro atoms. The van der Waals surface area contributed by atoms with Crippen LogP contribution in [0.1, 0.15) is 58.6 Å². The molecule has 2 atom stereocenters. The van der Waals surface area contributed by atoms with Gasteiger partial charge in [-0.3, -0.25) is 4.79 Å². The van der Waals surface area contributed by atoms with Gasteiger partial charge in [-0.2, -0.15) is 0 Å². The predicted octanol–water partition coefficient (Wildman–Crippen LogP) is 4.39. The first kappa shape index (κ1) is 14.2. The normalized spacial score (nSPS) is 18.9. The van der Waals surface area contributed by atoms with Crippen LogP contribution in [0.3, 0.4) is 0 Å². The number of carbonyl (C=O) groups is 1. The molecule has 0 radical (unpaired) electrons. The van der Waals surface area contributed by atoms with E-state index in [2.05, 4.69) is 17.4 Å². The third-order valence-electron chi connectivity index (χ3n) is 3.92. The minimum atomic E-state index is -0.234. The maximum Gasteiger partial charge on any atom is 0.287 e. The van der Waals surface area contributed by atoms with Gasteiger partial charge in [0, 0.05) is 0 Å². The van der Waals surface area contributed by atoms with Crippen LogP contribution in [0, 0.1) is 0 Å². The Labute approximate surface area is 129 Å². The molecule has 110 valence electrons. The Morgan fingerprint density at radius 3 is 2.90 bits per heavy atom. The minimum Gasteiger partial charge on any atom is -0.454 e. The van der Waals surface area contributed by atoms with Crippen molar-refractivity contribution >= 4 is 17.5 Å². The molecule has 0 aliphatic heterocycles. The van der Waals surface area contributed by atoms with Crippen LogP contribution in [0.4, 0.5) is 0 Å². The lowest BCUT2D eigenvalue weighted by Gasteiger charge is -2.26. The fourth-order valence-corrected chi connectivity index (χ4v) is 2.94. The van der Waals surface area contributed by atoms with E-state index in [0.717, 1.165) is 19.3 Å². The number of amides is 1. The maximum absolute atomic E-state index is 12.3. The summed E-state index contributed by atoms with van der Waals surface area (Å²) >= 11 is 5.95. The number of aryl methyl sites for hydroxylation is 1. The number of rotatable bonds is 3. The summed E-state index contributed by atoms with van der Waals surface area (Å²) in [6, 6.07) is 11.8. The number of furan rings is 1. The summed E-state index contributed by atoms with van der Waals surface area (Å²) in [6.07, 6.45) is 3.13. The highest BCUT2D eigenvalue weighted by Gasteiger charge is 2.23. The van der Waals surface area contributed by atoms with Crippen LogP contribution in [-0.2, 0) is 6.42 Å². The van der Waals surface area contributed by atoms with Crippen molar-refractivity contribution < 1.29 is 9.21 Å². The van der Waals surface area contributed by atoms with Crippen LogP contribution in [0.25, 0.3) is 0 Å². The highest BCUT2D eigenvalue weighted by Crippen LogP contribution is 2.30. The molecule has 1 aliphatic carbocycles. The molecule has 1 amide bonds. The second-order valence-electron chi connectivity index (χ2n) is 5.44. The van der Waals surface area contributed by atoms with Crippen LogP contribution >= 0.6 is 11.6 Å². The third kappa shape index (κ3) is 2.98. The molecule has 2 unspecified atom stereocenters. The van der Waals surface area contributed by atoms with Crippen LogP contribution < -0.4 is 5.32 Å². The topological polar surface area (TPSA) is 42.2 Å². The molecular weight excluding hydrogens is 286 g/mol. The molecule has 1 N–H and O–H groups in total. The van der Waals surface area contributed by atoms with Gasteiger partial charge in [-0.15, -0.1) is 11.6 Å². The van der Waals surface area contributed by atoms with Crippen LogP contribution in [0.5, 0.6) is 0 Å². The van der Waals surface area contributed by atoms with Gasteiger partial charge in [0.1, 0.15) is 5.76 Å². The van der Waals surface area contributed by atoms with Crippen molar-refractivity contribution in [1.82, 2.24) is 5.32 Å². The smallest absolute Gasteiger partial charge is 0.287 e. The summed E-state index contributed by atoms with van der Waals surface area (Å²) in [6.45, 7) is 1.82. The van der Waals surface area contributed by atoms with E-state index >= 15 is 0 Å². The number of halogens is 1. The molecule has 0 saturated carbocycles. The number of alkyl halides is 1. The van der Waals surface area contributed by atoms with Crippen molar-refractivity contribution in [3.8, 4) is 0 Å². The van der Waals surface area contributed by atoms with E-state index in [0.29, 0.717) is 11.5 Å². The van der Waals surface area contributed by atoms with Crippen molar-refractivity contribution in [1.29, 1.82) is 0 Å². The summed E-state index contributed by atoms with van der Waals surface area (Å²) in [5, 5.41) is 2.83. The standard InChI is InChI=1S/C17H18ClNO2/c1-11(18)15-9-10-16(21-15)17(20)19-14-8-4-6-12-5-2-3-7-13(12)14/h2-3,5,7,9-11,14H,4,6,8H2,1H3,(H,19,20). The van der Waals surface area contributed by atoms with E-state index in [1.54, 1.807) is 12.1 Å². The second-order valence-corrected chi connectivity index (χ2v) is 6.09. The SMILES string of the molecule is CC(Cl)c1ccc(C(=O)NC2CCCc3ccccc32)o1. The predicted molar refractivity (Wildman–Crippen MR) is 82.6 cm³/mol. The lowest BCUT2D eigenvalue weighted by atomic mass is 9.88. The Morgan fingerprint density at radius 2 is 2.14 bits per heavy atom. The second kappa shape index (κ2) is 5.94. The summed E-state index contributed by atoms with van der Waals surface area (Å²) in [5.41, 5.74) is 2.54.